The third-order valence-electron chi connectivity index (χ3n) is 4.96. The molecule has 3 nitrogen and oxygen atoms in total. The molecule has 1 heterocycles. The zero-order valence-corrected chi connectivity index (χ0v) is 13.6. The summed E-state index contributed by atoms with van der Waals surface area (Å²) in [7, 11) is 0. The molecule has 0 amide bonds. The van der Waals surface area contributed by atoms with E-state index in [4.69, 9.17) is 4.98 Å². The summed E-state index contributed by atoms with van der Waals surface area (Å²) in [6, 6.07) is 9.59. The van der Waals surface area contributed by atoms with Crippen LogP contribution in [0.25, 0.3) is 11.0 Å². The van der Waals surface area contributed by atoms with E-state index in [2.05, 4.69) is 61.8 Å². The zero-order valence-electron chi connectivity index (χ0n) is 13.6. The molecule has 1 aliphatic rings. The average molecular weight is 285 g/mol. The van der Waals surface area contributed by atoms with Gasteiger partial charge in [-0.1, -0.05) is 32.9 Å². The number of fused-ring (bicyclic) bond motifs is 1. The lowest BCUT2D eigenvalue weighted by molar-refractivity contribution is 0.156. The molecule has 114 valence electrons. The van der Waals surface area contributed by atoms with Gasteiger partial charge in [0.15, 0.2) is 0 Å². The van der Waals surface area contributed by atoms with Gasteiger partial charge in [0.2, 0.25) is 0 Å². The molecule has 0 spiro atoms. The van der Waals surface area contributed by atoms with Gasteiger partial charge in [-0.15, -0.1) is 0 Å². The van der Waals surface area contributed by atoms with Crippen LogP contribution in [0.3, 0.4) is 0 Å². The third-order valence-corrected chi connectivity index (χ3v) is 4.96. The van der Waals surface area contributed by atoms with Gasteiger partial charge in [-0.2, -0.15) is 0 Å². The Morgan fingerprint density at radius 3 is 2.76 bits per heavy atom. The topological polar surface area (TPSA) is 29.9 Å². The molecule has 4 unspecified atom stereocenters. The highest BCUT2D eigenvalue weighted by molar-refractivity contribution is 5.76. The van der Waals surface area contributed by atoms with Crippen LogP contribution in [-0.4, -0.2) is 22.1 Å². The summed E-state index contributed by atoms with van der Waals surface area (Å²) in [5.74, 6) is 2.62. The smallest absolute Gasteiger partial charge is 0.107 e. The summed E-state index contributed by atoms with van der Waals surface area (Å²) < 4.78 is 2.49. The molecule has 21 heavy (non-hydrogen) atoms. The van der Waals surface area contributed by atoms with Gasteiger partial charge in [0.1, 0.15) is 5.82 Å². The molecule has 0 radical (unpaired) electrons. The minimum Gasteiger partial charge on any atom is -0.323 e. The van der Waals surface area contributed by atoms with Gasteiger partial charge in [-0.25, -0.2) is 4.98 Å². The van der Waals surface area contributed by atoms with Crippen LogP contribution in [0, 0.1) is 18.8 Å². The lowest BCUT2D eigenvalue weighted by Crippen LogP contribution is -2.45. The molecule has 2 aromatic rings. The first kappa shape index (κ1) is 14.6. The molecule has 1 saturated carbocycles. The molecular weight excluding hydrogens is 258 g/mol. The number of hydrogen-bond acceptors (Lipinski definition) is 2. The molecule has 3 rings (SSSR count). The number of aryl methyl sites for hydroxylation is 1. The quantitative estimate of drug-likeness (QED) is 0.926. The van der Waals surface area contributed by atoms with E-state index in [1.54, 1.807) is 0 Å². The van der Waals surface area contributed by atoms with Crippen molar-refractivity contribution in [3.8, 4) is 0 Å². The van der Waals surface area contributed by atoms with Gasteiger partial charge in [0.05, 0.1) is 17.1 Å². The van der Waals surface area contributed by atoms with E-state index in [9.17, 15) is 0 Å². The second-order valence-corrected chi connectivity index (χ2v) is 6.73. The first-order chi connectivity index (χ1) is 10.1. The minimum absolute atomic E-state index is 0.508. The van der Waals surface area contributed by atoms with Crippen molar-refractivity contribution in [1.82, 2.24) is 14.9 Å². The van der Waals surface area contributed by atoms with Gasteiger partial charge in [-0.05, 0) is 50.3 Å². The Labute approximate surface area is 127 Å². The van der Waals surface area contributed by atoms with Crippen LogP contribution in [0.1, 0.15) is 45.5 Å². The normalized spacial score (nSPS) is 29.9. The second kappa shape index (κ2) is 5.80. The van der Waals surface area contributed by atoms with Crippen molar-refractivity contribution in [3.05, 3.63) is 30.1 Å². The summed E-state index contributed by atoms with van der Waals surface area (Å²) in [4.78, 5) is 4.77. The number of hydrogen-bond donors (Lipinski definition) is 1. The number of para-hydroxylation sites is 2. The largest absolute Gasteiger partial charge is 0.323 e. The van der Waals surface area contributed by atoms with Crippen molar-refractivity contribution in [2.45, 2.75) is 52.6 Å². The lowest BCUT2D eigenvalue weighted by atomic mass is 9.76. The Hall–Kier alpha value is -1.35. The molecule has 0 saturated heterocycles. The fourth-order valence-electron chi connectivity index (χ4n) is 4.28. The highest BCUT2D eigenvalue weighted by Gasteiger charge is 2.36. The van der Waals surface area contributed by atoms with E-state index < -0.39 is 0 Å². The average Bonchev–Trinajstić information content (AvgIpc) is 2.75. The van der Waals surface area contributed by atoms with E-state index in [1.807, 2.05) is 0 Å². The van der Waals surface area contributed by atoms with E-state index in [-0.39, 0.29) is 0 Å². The van der Waals surface area contributed by atoms with Gasteiger partial charge >= 0.3 is 0 Å². The van der Waals surface area contributed by atoms with Gasteiger partial charge in [-0.3, -0.25) is 0 Å². The molecular formula is C18H27N3. The summed E-state index contributed by atoms with van der Waals surface area (Å²) in [6.07, 6.45) is 2.56. The molecule has 1 aromatic carbocycles. The SMILES string of the molecule is CCNC1CC(C)CC(C)C1n1c(C)nc2ccccc21. The molecule has 0 bridgehead atoms. The van der Waals surface area contributed by atoms with Crippen molar-refractivity contribution in [2.24, 2.45) is 11.8 Å². The maximum absolute atomic E-state index is 4.77. The maximum Gasteiger partial charge on any atom is 0.107 e. The third kappa shape index (κ3) is 2.59. The number of benzene rings is 1. The first-order valence-corrected chi connectivity index (χ1v) is 8.28. The van der Waals surface area contributed by atoms with Crippen LogP contribution in [0.4, 0.5) is 0 Å². The van der Waals surface area contributed by atoms with Crippen molar-refractivity contribution < 1.29 is 0 Å². The zero-order chi connectivity index (χ0) is 15.0. The summed E-state index contributed by atoms with van der Waals surface area (Å²) >= 11 is 0. The maximum atomic E-state index is 4.77. The van der Waals surface area contributed by atoms with Crippen LogP contribution in [0.5, 0.6) is 0 Å². The van der Waals surface area contributed by atoms with E-state index >= 15 is 0 Å². The van der Waals surface area contributed by atoms with Gasteiger partial charge in [0, 0.05) is 6.04 Å². The lowest BCUT2D eigenvalue weighted by Gasteiger charge is -2.41. The summed E-state index contributed by atoms with van der Waals surface area (Å²) in [5.41, 5.74) is 2.40. The monoisotopic (exact) mass is 285 g/mol. The van der Waals surface area contributed by atoms with Crippen LogP contribution < -0.4 is 5.32 Å². The fraction of sp³-hybridized carbons (Fsp3) is 0.611. The Morgan fingerprint density at radius 1 is 1.24 bits per heavy atom. The predicted molar refractivity (Wildman–Crippen MR) is 88.5 cm³/mol. The number of likely N-dealkylation sites (N-methyl/N-ethyl adjacent to an activating group) is 1. The molecule has 1 aromatic heterocycles. The highest BCUT2D eigenvalue weighted by atomic mass is 15.1. The van der Waals surface area contributed by atoms with E-state index in [1.165, 1.54) is 18.4 Å². The number of nitrogens with one attached hydrogen (secondary N) is 1. The summed E-state index contributed by atoms with van der Waals surface area (Å²) in [6.45, 7) is 10.2. The highest BCUT2D eigenvalue weighted by Crippen LogP contribution is 2.39. The number of nitrogens with zero attached hydrogens (tertiary/aromatic N) is 2. The predicted octanol–water partition coefficient (Wildman–Crippen LogP) is 3.93. The van der Waals surface area contributed by atoms with Crippen LogP contribution in [-0.2, 0) is 0 Å². The molecule has 1 fully saturated rings. The van der Waals surface area contributed by atoms with E-state index in [0.717, 1.165) is 23.8 Å². The van der Waals surface area contributed by atoms with Crippen molar-refractivity contribution in [3.63, 3.8) is 0 Å². The first-order valence-electron chi connectivity index (χ1n) is 8.28. The van der Waals surface area contributed by atoms with Gasteiger partial charge < -0.3 is 9.88 Å². The standard InChI is InChI=1S/C18H27N3/c1-5-19-16-11-12(2)10-13(3)18(16)21-14(4)20-15-8-6-7-9-17(15)21/h6-9,12-13,16,18-19H,5,10-11H2,1-4H3. The second-order valence-electron chi connectivity index (χ2n) is 6.73. The Balaban J connectivity index is 2.07. The van der Waals surface area contributed by atoms with Crippen molar-refractivity contribution in [1.29, 1.82) is 0 Å². The van der Waals surface area contributed by atoms with Crippen molar-refractivity contribution in [2.75, 3.05) is 6.54 Å². The number of rotatable bonds is 3. The minimum atomic E-state index is 0.508. The molecule has 0 aliphatic heterocycles. The van der Waals surface area contributed by atoms with Crippen LogP contribution in [0.15, 0.2) is 24.3 Å². The number of imidazole rings is 1. The molecule has 3 heteroatoms. The number of aromatic nitrogens is 2. The molecule has 4 atom stereocenters. The van der Waals surface area contributed by atoms with E-state index in [0.29, 0.717) is 18.0 Å². The Morgan fingerprint density at radius 2 is 2.00 bits per heavy atom. The van der Waals surface area contributed by atoms with Crippen LogP contribution in [0.2, 0.25) is 0 Å². The molecule has 1 aliphatic carbocycles. The Kier molecular flexibility index (Phi) is 4.03. The van der Waals surface area contributed by atoms with Gasteiger partial charge in [0.25, 0.3) is 0 Å². The Bertz CT molecular complexity index is 616. The summed E-state index contributed by atoms with van der Waals surface area (Å²) in [5, 5.41) is 3.73. The molecule has 1 N–H and O–H groups in total. The fourth-order valence-corrected chi connectivity index (χ4v) is 4.28. The van der Waals surface area contributed by atoms with Crippen molar-refractivity contribution >= 4 is 11.0 Å². The van der Waals surface area contributed by atoms with Crippen LogP contribution >= 0.6 is 0 Å².